The van der Waals surface area contributed by atoms with Crippen molar-refractivity contribution in [2.45, 2.75) is 19.0 Å². The molecule has 0 amide bonds. The quantitative estimate of drug-likeness (QED) is 0.736. The van der Waals surface area contributed by atoms with Crippen LogP contribution in [0, 0.1) is 0 Å². The van der Waals surface area contributed by atoms with E-state index in [1.54, 1.807) is 11.4 Å². The molecule has 1 unspecified atom stereocenters. The average Bonchev–Trinajstić information content (AvgIpc) is 2.37. The predicted octanol–water partition coefficient (Wildman–Crippen LogP) is 2.22. The first-order valence-electron chi connectivity index (χ1n) is 3.09. The third kappa shape index (κ3) is 1.57. The Morgan fingerprint density at radius 1 is 1.64 bits per heavy atom. The second-order valence-corrected chi connectivity index (χ2v) is 3.37. The molecule has 1 N–H and O–H groups in total. The summed E-state index contributed by atoms with van der Waals surface area (Å²) in [6.07, 6.45) is -2.74. The normalized spacial score (nSPS) is 16.8. The van der Waals surface area contributed by atoms with Gasteiger partial charge in [0.05, 0.1) is 0 Å². The van der Waals surface area contributed by atoms with Crippen molar-refractivity contribution in [3.05, 3.63) is 22.4 Å². The second kappa shape index (κ2) is 2.87. The van der Waals surface area contributed by atoms with Crippen molar-refractivity contribution in [2.75, 3.05) is 0 Å². The zero-order chi connectivity index (χ0) is 8.48. The molecule has 1 rings (SSSR count). The number of aliphatic hydroxyl groups is 1. The Kier molecular flexibility index (Phi) is 2.25. The topological polar surface area (TPSA) is 20.2 Å². The number of halogens is 2. The highest BCUT2D eigenvalue weighted by Gasteiger charge is 2.34. The van der Waals surface area contributed by atoms with Crippen molar-refractivity contribution in [1.29, 1.82) is 0 Å². The van der Waals surface area contributed by atoms with E-state index >= 15 is 0 Å². The van der Waals surface area contributed by atoms with Crippen LogP contribution in [-0.2, 0) is 5.60 Å². The summed E-state index contributed by atoms with van der Waals surface area (Å²) in [6.45, 7) is 1.11. The molecule has 0 aliphatic heterocycles. The standard InChI is InChI=1S/C7H8F2OS/c1-7(10,6(8)9)5-3-2-4-11-5/h2-4,6,10H,1H3. The van der Waals surface area contributed by atoms with E-state index in [0.717, 1.165) is 18.3 Å². The second-order valence-electron chi connectivity index (χ2n) is 2.43. The van der Waals surface area contributed by atoms with Gasteiger partial charge in [0, 0.05) is 4.88 Å². The summed E-state index contributed by atoms with van der Waals surface area (Å²) < 4.78 is 24.3. The van der Waals surface area contributed by atoms with Crippen molar-refractivity contribution < 1.29 is 13.9 Å². The average molecular weight is 178 g/mol. The molecule has 0 saturated carbocycles. The van der Waals surface area contributed by atoms with E-state index < -0.39 is 12.0 Å². The molecule has 1 aromatic rings. The Bertz CT molecular complexity index is 218. The van der Waals surface area contributed by atoms with E-state index in [1.807, 2.05) is 0 Å². The van der Waals surface area contributed by atoms with Crippen LogP contribution in [0.1, 0.15) is 11.8 Å². The zero-order valence-corrected chi connectivity index (χ0v) is 6.74. The van der Waals surface area contributed by atoms with Gasteiger partial charge in [-0.15, -0.1) is 11.3 Å². The molecular formula is C7H8F2OS. The van der Waals surface area contributed by atoms with Crippen molar-refractivity contribution in [2.24, 2.45) is 0 Å². The first-order valence-corrected chi connectivity index (χ1v) is 3.97. The van der Waals surface area contributed by atoms with Gasteiger partial charge in [0.1, 0.15) is 0 Å². The van der Waals surface area contributed by atoms with Gasteiger partial charge in [0.15, 0.2) is 5.60 Å². The lowest BCUT2D eigenvalue weighted by Gasteiger charge is -2.19. The molecule has 0 saturated heterocycles. The van der Waals surface area contributed by atoms with Crippen LogP contribution in [0.5, 0.6) is 0 Å². The summed E-state index contributed by atoms with van der Waals surface area (Å²) >= 11 is 1.13. The van der Waals surface area contributed by atoms with Gasteiger partial charge in [-0.25, -0.2) is 8.78 Å². The molecule has 0 aliphatic carbocycles. The van der Waals surface area contributed by atoms with Gasteiger partial charge in [-0.2, -0.15) is 0 Å². The van der Waals surface area contributed by atoms with Gasteiger partial charge in [-0.3, -0.25) is 0 Å². The minimum Gasteiger partial charge on any atom is -0.379 e. The van der Waals surface area contributed by atoms with Gasteiger partial charge >= 0.3 is 0 Å². The molecule has 1 nitrogen and oxygen atoms in total. The fourth-order valence-electron chi connectivity index (χ4n) is 0.674. The maximum atomic E-state index is 12.1. The molecule has 11 heavy (non-hydrogen) atoms. The maximum Gasteiger partial charge on any atom is 0.271 e. The van der Waals surface area contributed by atoms with Crippen molar-refractivity contribution in [3.8, 4) is 0 Å². The van der Waals surface area contributed by atoms with Gasteiger partial charge in [0.2, 0.25) is 0 Å². The monoisotopic (exact) mass is 178 g/mol. The van der Waals surface area contributed by atoms with Gasteiger partial charge in [-0.1, -0.05) is 6.07 Å². The van der Waals surface area contributed by atoms with Gasteiger partial charge in [0.25, 0.3) is 6.43 Å². The molecule has 1 atom stereocenters. The third-order valence-corrected chi connectivity index (χ3v) is 2.54. The first-order chi connectivity index (χ1) is 5.05. The molecule has 62 valence electrons. The lowest BCUT2D eigenvalue weighted by atomic mass is 10.1. The summed E-state index contributed by atoms with van der Waals surface area (Å²) in [5.74, 6) is 0. The van der Waals surface area contributed by atoms with Crippen LogP contribution in [0.3, 0.4) is 0 Å². The Morgan fingerprint density at radius 2 is 2.27 bits per heavy atom. The Hall–Kier alpha value is -0.480. The Morgan fingerprint density at radius 3 is 2.64 bits per heavy atom. The number of hydrogen-bond acceptors (Lipinski definition) is 2. The molecule has 1 heterocycles. The lowest BCUT2D eigenvalue weighted by Crippen LogP contribution is -2.29. The fraction of sp³-hybridized carbons (Fsp3) is 0.429. The van der Waals surface area contributed by atoms with E-state index in [2.05, 4.69) is 0 Å². The molecule has 0 spiro atoms. The Balaban J connectivity index is 2.90. The van der Waals surface area contributed by atoms with Crippen LogP contribution in [0.2, 0.25) is 0 Å². The number of thiophene rings is 1. The SMILES string of the molecule is CC(O)(c1cccs1)C(F)F. The van der Waals surface area contributed by atoms with Crippen LogP contribution in [-0.4, -0.2) is 11.5 Å². The van der Waals surface area contributed by atoms with Crippen LogP contribution < -0.4 is 0 Å². The van der Waals surface area contributed by atoms with E-state index in [4.69, 9.17) is 0 Å². The van der Waals surface area contributed by atoms with E-state index in [0.29, 0.717) is 4.88 Å². The summed E-state index contributed by atoms with van der Waals surface area (Å²) in [4.78, 5) is 0.299. The molecule has 0 aromatic carbocycles. The third-order valence-electron chi connectivity index (χ3n) is 1.44. The van der Waals surface area contributed by atoms with Crippen molar-refractivity contribution in [3.63, 3.8) is 0 Å². The van der Waals surface area contributed by atoms with Crippen LogP contribution in [0.25, 0.3) is 0 Å². The number of rotatable bonds is 2. The number of hydrogen-bond donors (Lipinski definition) is 1. The van der Waals surface area contributed by atoms with E-state index in [-0.39, 0.29) is 0 Å². The summed E-state index contributed by atoms with van der Waals surface area (Å²) in [7, 11) is 0. The largest absolute Gasteiger partial charge is 0.379 e. The van der Waals surface area contributed by atoms with Gasteiger partial charge in [-0.05, 0) is 18.4 Å². The minimum atomic E-state index is -2.74. The summed E-state index contributed by atoms with van der Waals surface area (Å²) in [5.41, 5.74) is -1.99. The predicted molar refractivity (Wildman–Crippen MR) is 39.9 cm³/mol. The molecular weight excluding hydrogens is 170 g/mol. The maximum absolute atomic E-state index is 12.1. The fourth-order valence-corrected chi connectivity index (χ4v) is 1.46. The highest BCUT2D eigenvalue weighted by atomic mass is 32.1. The van der Waals surface area contributed by atoms with Gasteiger partial charge < -0.3 is 5.11 Å². The highest BCUT2D eigenvalue weighted by molar-refractivity contribution is 7.10. The number of alkyl halides is 2. The molecule has 1 aromatic heterocycles. The summed E-state index contributed by atoms with van der Waals surface area (Å²) in [5, 5.41) is 10.9. The Labute approximate surface area is 67.3 Å². The van der Waals surface area contributed by atoms with Crippen molar-refractivity contribution in [1.82, 2.24) is 0 Å². The molecule has 0 bridgehead atoms. The molecule has 4 heteroatoms. The zero-order valence-electron chi connectivity index (χ0n) is 5.92. The van der Waals surface area contributed by atoms with Crippen LogP contribution >= 0.6 is 11.3 Å². The van der Waals surface area contributed by atoms with Crippen molar-refractivity contribution >= 4 is 11.3 Å². The highest BCUT2D eigenvalue weighted by Crippen LogP contribution is 2.30. The molecule has 0 aliphatic rings. The molecule has 0 radical (unpaired) electrons. The molecule has 0 fully saturated rings. The lowest BCUT2D eigenvalue weighted by molar-refractivity contribution is -0.0858. The van der Waals surface area contributed by atoms with E-state index in [1.165, 1.54) is 6.07 Å². The first kappa shape index (κ1) is 8.62. The van der Waals surface area contributed by atoms with Crippen LogP contribution in [0.15, 0.2) is 17.5 Å². The summed E-state index contributed by atoms with van der Waals surface area (Å²) in [6, 6.07) is 3.13. The minimum absolute atomic E-state index is 0.299. The smallest absolute Gasteiger partial charge is 0.271 e. The van der Waals surface area contributed by atoms with Crippen LogP contribution in [0.4, 0.5) is 8.78 Å². The van der Waals surface area contributed by atoms with E-state index in [9.17, 15) is 13.9 Å².